The topological polar surface area (TPSA) is 94.0 Å². The van der Waals surface area contributed by atoms with Gasteiger partial charge in [-0.3, -0.25) is 4.79 Å². The molecule has 23 heavy (non-hydrogen) atoms. The molecule has 1 aliphatic rings. The quantitative estimate of drug-likeness (QED) is 0.855. The van der Waals surface area contributed by atoms with E-state index in [4.69, 9.17) is 10.3 Å². The highest BCUT2D eigenvalue weighted by Crippen LogP contribution is 2.19. The molecule has 0 aromatic carbocycles. The monoisotopic (exact) mass is 344 g/mol. The second kappa shape index (κ2) is 8.64. The Bertz CT molecular complexity index is 491. The normalized spacial score (nSPS) is 21.6. The molecule has 1 amide bonds. The minimum Gasteiger partial charge on any atom is -0.353 e. The number of carbonyl (C=O) groups excluding carboxylic acids is 1. The number of amides is 1. The lowest BCUT2D eigenvalue weighted by molar-refractivity contribution is -0.122. The van der Waals surface area contributed by atoms with Gasteiger partial charge in [0.15, 0.2) is 5.82 Å². The number of nitrogens with two attached hydrogens (primary N) is 1. The lowest BCUT2D eigenvalue weighted by Gasteiger charge is -2.26. The third kappa shape index (κ3) is 6.47. The van der Waals surface area contributed by atoms with Crippen molar-refractivity contribution >= 4 is 18.3 Å². The van der Waals surface area contributed by atoms with E-state index in [1.165, 1.54) is 0 Å². The van der Waals surface area contributed by atoms with Gasteiger partial charge in [-0.2, -0.15) is 4.98 Å². The van der Waals surface area contributed by atoms with Crippen LogP contribution in [0.5, 0.6) is 0 Å². The zero-order chi connectivity index (χ0) is 16.2. The number of rotatable bonds is 5. The molecule has 1 fully saturated rings. The molecule has 1 aromatic rings. The van der Waals surface area contributed by atoms with E-state index in [1.807, 2.05) is 20.8 Å². The van der Waals surface area contributed by atoms with Crippen molar-refractivity contribution in [2.45, 2.75) is 83.2 Å². The Morgan fingerprint density at radius 1 is 1.30 bits per heavy atom. The molecule has 7 heteroatoms. The zero-order valence-electron chi connectivity index (χ0n) is 14.3. The molecule has 0 bridgehead atoms. The van der Waals surface area contributed by atoms with Crippen molar-refractivity contribution in [1.82, 2.24) is 15.5 Å². The van der Waals surface area contributed by atoms with E-state index < -0.39 is 0 Å². The second-order valence-corrected chi connectivity index (χ2v) is 7.29. The third-order valence-electron chi connectivity index (χ3n) is 4.07. The first-order valence-corrected chi connectivity index (χ1v) is 8.22. The highest BCUT2D eigenvalue weighted by Gasteiger charge is 2.21. The van der Waals surface area contributed by atoms with Crippen LogP contribution < -0.4 is 11.1 Å². The molecule has 0 radical (unpaired) electrons. The van der Waals surface area contributed by atoms with Crippen LogP contribution in [0.2, 0.25) is 0 Å². The van der Waals surface area contributed by atoms with Gasteiger partial charge >= 0.3 is 0 Å². The molecule has 0 spiro atoms. The fraction of sp³-hybridized carbons (Fsp3) is 0.812. The first kappa shape index (κ1) is 19.9. The molecule has 0 aliphatic heterocycles. The Balaban J connectivity index is 0.00000264. The largest absolute Gasteiger partial charge is 0.353 e. The van der Waals surface area contributed by atoms with E-state index in [9.17, 15) is 4.79 Å². The second-order valence-electron chi connectivity index (χ2n) is 7.29. The summed E-state index contributed by atoms with van der Waals surface area (Å²) in [7, 11) is 0. The van der Waals surface area contributed by atoms with Crippen molar-refractivity contribution in [3.63, 3.8) is 0 Å². The van der Waals surface area contributed by atoms with E-state index >= 15 is 0 Å². The summed E-state index contributed by atoms with van der Waals surface area (Å²) in [4.78, 5) is 16.3. The number of aromatic nitrogens is 2. The summed E-state index contributed by atoms with van der Waals surface area (Å²) in [5, 5.41) is 7.08. The van der Waals surface area contributed by atoms with Crippen LogP contribution in [0.25, 0.3) is 0 Å². The van der Waals surface area contributed by atoms with Gasteiger partial charge in [0.1, 0.15) is 0 Å². The van der Waals surface area contributed by atoms with Gasteiger partial charge < -0.3 is 15.6 Å². The van der Waals surface area contributed by atoms with Crippen LogP contribution in [0.1, 0.15) is 71.0 Å². The summed E-state index contributed by atoms with van der Waals surface area (Å²) in [6.45, 7) is 6.14. The number of nitrogens with one attached hydrogen (secondary N) is 1. The van der Waals surface area contributed by atoms with Crippen molar-refractivity contribution in [3.05, 3.63) is 11.7 Å². The summed E-state index contributed by atoms with van der Waals surface area (Å²) < 4.78 is 5.23. The Hall–Kier alpha value is -1.14. The van der Waals surface area contributed by atoms with Crippen LogP contribution in [-0.4, -0.2) is 28.1 Å². The molecule has 0 unspecified atom stereocenters. The van der Waals surface area contributed by atoms with E-state index in [0.29, 0.717) is 36.6 Å². The predicted molar refractivity (Wildman–Crippen MR) is 91.6 cm³/mol. The highest BCUT2D eigenvalue weighted by molar-refractivity contribution is 5.85. The van der Waals surface area contributed by atoms with Crippen LogP contribution in [-0.2, 0) is 16.6 Å². The highest BCUT2D eigenvalue weighted by atomic mass is 35.5. The number of nitrogens with zero attached hydrogens (tertiary/aromatic N) is 2. The van der Waals surface area contributed by atoms with Gasteiger partial charge in [0.2, 0.25) is 11.8 Å². The van der Waals surface area contributed by atoms with E-state index in [0.717, 1.165) is 32.1 Å². The van der Waals surface area contributed by atoms with Crippen LogP contribution >= 0.6 is 12.4 Å². The first-order valence-electron chi connectivity index (χ1n) is 8.22. The summed E-state index contributed by atoms with van der Waals surface area (Å²) in [5.41, 5.74) is 5.76. The maximum Gasteiger partial charge on any atom is 0.226 e. The van der Waals surface area contributed by atoms with Crippen molar-refractivity contribution < 1.29 is 9.32 Å². The van der Waals surface area contributed by atoms with Crippen molar-refractivity contribution in [2.75, 3.05) is 0 Å². The van der Waals surface area contributed by atoms with Crippen LogP contribution in [0.3, 0.4) is 0 Å². The Morgan fingerprint density at radius 2 is 1.96 bits per heavy atom. The van der Waals surface area contributed by atoms with Crippen molar-refractivity contribution in [3.8, 4) is 0 Å². The van der Waals surface area contributed by atoms with E-state index in [2.05, 4.69) is 15.5 Å². The van der Waals surface area contributed by atoms with E-state index in [1.54, 1.807) is 0 Å². The average Bonchev–Trinajstić information content (AvgIpc) is 2.90. The van der Waals surface area contributed by atoms with Crippen molar-refractivity contribution in [1.29, 1.82) is 0 Å². The number of halogens is 1. The zero-order valence-corrected chi connectivity index (χ0v) is 15.1. The molecule has 132 valence electrons. The summed E-state index contributed by atoms with van der Waals surface area (Å²) in [5.74, 6) is 1.43. The molecular weight excluding hydrogens is 316 g/mol. The fourth-order valence-electron chi connectivity index (χ4n) is 2.62. The van der Waals surface area contributed by atoms with Gasteiger partial charge in [0.05, 0.1) is 0 Å². The summed E-state index contributed by atoms with van der Waals surface area (Å²) >= 11 is 0. The average molecular weight is 345 g/mol. The van der Waals surface area contributed by atoms with Crippen LogP contribution in [0.4, 0.5) is 0 Å². The van der Waals surface area contributed by atoms with E-state index in [-0.39, 0.29) is 23.7 Å². The van der Waals surface area contributed by atoms with Gasteiger partial charge in [-0.25, -0.2) is 0 Å². The molecule has 0 atom stereocenters. The molecule has 6 nitrogen and oxygen atoms in total. The Kier molecular flexibility index (Phi) is 7.48. The third-order valence-corrected chi connectivity index (χ3v) is 4.07. The number of aryl methyl sites for hydroxylation is 1. The van der Waals surface area contributed by atoms with Crippen LogP contribution in [0, 0.1) is 0 Å². The molecular formula is C16H29ClN4O2. The standard InChI is InChI=1S/C16H28N4O2.ClH/c1-16(2,3)15-19-14(22-20-15)6-4-5-13(21)18-12-9-7-11(17)8-10-12;/h11-12H,4-10,17H2,1-3H3,(H,18,21);1H. The molecule has 3 N–H and O–H groups in total. The number of carbonyl (C=O) groups is 1. The molecule has 0 saturated heterocycles. The first-order chi connectivity index (χ1) is 10.3. The maximum absolute atomic E-state index is 11.9. The SMILES string of the molecule is CC(C)(C)c1noc(CCCC(=O)NC2CCC(N)CC2)n1.Cl. The molecule has 1 aromatic heterocycles. The van der Waals surface area contributed by atoms with Crippen LogP contribution in [0.15, 0.2) is 4.52 Å². The predicted octanol–water partition coefficient (Wildman–Crippen LogP) is 2.50. The Labute approximate surface area is 144 Å². The van der Waals surface area contributed by atoms with Gasteiger partial charge in [-0.1, -0.05) is 25.9 Å². The fourth-order valence-corrected chi connectivity index (χ4v) is 2.62. The van der Waals surface area contributed by atoms with Crippen molar-refractivity contribution in [2.24, 2.45) is 5.73 Å². The number of hydrogen-bond acceptors (Lipinski definition) is 5. The van der Waals surface area contributed by atoms with Gasteiger partial charge in [-0.05, 0) is 32.1 Å². The summed E-state index contributed by atoms with van der Waals surface area (Å²) in [6, 6.07) is 0.603. The summed E-state index contributed by atoms with van der Waals surface area (Å²) in [6.07, 6.45) is 5.85. The minimum absolute atomic E-state index is 0. The lowest BCUT2D eigenvalue weighted by Crippen LogP contribution is -2.40. The molecule has 1 aliphatic carbocycles. The minimum atomic E-state index is -0.110. The lowest BCUT2D eigenvalue weighted by atomic mass is 9.92. The smallest absolute Gasteiger partial charge is 0.226 e. The Morgan fingerprint density at radius 3 is 2.52 bits per heavy atom. The number of hydrogen-bond donors (Lipinski definition) is 2. The molecule has 1 saturated carbocycles. The van der Waals surface area contributed by atoms with Gasteiger partial charge in [0, 0.05) is 30.3 Å². The maximum atomic E-state index is 11.9. The van der Waals surface area contributed by atoms with Gasteiger partial charge in [-0.15, -0.1) is 12.4 Å². The molecule has 1 heterocycles. The molecule has 2 rings (SSSR count). The van der Waals surface area contributed by atoms with Gasteiger partial charge in [0.25, 0.3) is 0 Å².